The molecule has 0 saturated heterocycles. The van der Waals surface area contributed by atoms with Gasteiger partial charge in [0.25, 0.3) is 0 Å². The highest BCUT2D eigenvalue weighted by Gasteiger charge is 2.21. The minimum atomic E-state index is 0.105. The molecule has 166 valence electrons. The minimum Gasteiger partial charge on any atom is -0.378 e. The molecular formula is C27H37N3S. The monoisotopic (exact) mass is 435 g/mol. The first-order valence-electron chi connectivity index (χ1n) is 10.9. The van der Waals surface area contributed by atoms with E-state index in [9.17, 15) is 0 Å². The van der Waals surface area contributed by atoms with E-state index in [2.05, 4.69) is 120 Å². The molecule has 0 atom stereocenters. The molecule has 3 nitrogen and oxygen atoms in total. The molecule has 2 aromatic carbocycles. The molecule has 0 bridgehead atoms. The van der Waals surface area contributed by atoms with Gasteiger partial charge in [-0.25, -0.2) is 4.98 Å². The van der Waals surface area contributed by atoms with Crippen LogP contribution < -0.4 is 9.80 Å². The zero-order valence-corrected chi connectivity index (χ0v) is 21.4. The van der Waals surface area contributed by atoms with Gasteiger partial charge < -0.3 is 9.80 Å². The number of rotatable bonds is 5. The van der Waals surface area contributed by atoms with Crippen molar-refractivity contribution in [1.29, 1.82) is 0 Å². The summed E-state index contributed by atoms with van der Waals surface area (Å²) in [5, 5.41) is 3.33. The predicted octanol–water partition coefficient (Wildman–Crippen LogP) is 7.11. The molecule has 1 aromatic heterocycles. The van der Waals surface area contributed by atoms with Gasteiger partial charge in [-0.05, 0) is 58.4 Å². The highest BCUT2D eigenvalue weighted by molar-refractivity contribution is 7.10. The first-order valence-corrected chi connectivity index (χ1v) is 11.8. The maximum absolute atomic E-state index is 5.01. The van der Waals surface area contributed by atoms with Crippen molar-refractivity contribution in [3.63, 3.8) is 0 Å². The van der Waals surface area contributed by atoms with E-state index in [1.807, 2.05) is 0 Å². The van der Waals surface area contributed by atoms with Gasteiger partial charge in [-0.3, -0.25) is 0 Å². The minimum absolute atomic E-state index is 0.105. The normalized spacial score (nSPS) is 12.2. The van der Waals surface area contributed by atoms with Crippen molar-refractivity contribution < 1.29 is 0 Å². The summed E-state index contributed by atoms with van der Waals surface area (Å²) in [4.78, 5) is 9.38. The van der Waals surface area contributed by atoms with Crippen molar-refractivity contribution in [3.05, 3.63) is 64.0 Å². The molecule has 0 radical (unpaired) electrons. The van der Waals surface area contributed by atoms with E-state index in [4.69, 9.17) is 4.98 Å². The summed E-state index contributed by atoms with van der Waals surface area (Å²) in [5.41, 5.74) is 7.65. The summed E-state index contributed by atoms with van der Waals surface area (Å²) in [6.45, 7) is 14.5. The van der Waals surface area contributed by atoms with Gasteiger partial charge in [-0.1, -0.05) is 47.6 Å². The lowest BCUT2D eigenvalue weighted by Crippen LogP contribution is -2.17. The van der Waals surface area contributed by atoms with Gasteiger partial charge in [0.1, 0.15) is 5.01 Å². The van der Waals surface area contributed by atoms with E-state index in [0.717, 1.165) is 17.2 Å². The smallest absolute Gasteiger partial charge is 0.113 e. The van der Waals surface area contributed by atoms with E-state index >= 15 is 0 Å². The number of hydrogen-bond donors (Lipinski definition) is 0. The molecule has 0 spiro atoms. The Hall–Kier alpha value is -2.33. The Balaban J connectivity index is 1.86. The van der Waals surface area contributed by atoms with Crippen LogP contribution in [-0.2, 0) is 17.4 Å². The SMILES string of the molecule is CN(C)c1ccc(N(C)Cc2nc(-c3cc(C(C)(C)C)cc(C(C)(C)C)c3)cs2)cc1. The lowest BCUT2D eigenvalue weighted by molar-refractivity contribution is 0.569. The molecule has 0 aliphatic rings. The molecule has 31 heavy (non-hydrogen) atoms. The quantitative estimate of drug-likeness (QED) is 0.426. The van der Waals surface area contributed by atoms with Crippen molar-refractivity contribution >= 4 is 22.7 Å². The van der Waals surface area contributed by atoms with E-state index in [-0.39, 0.29) is 10.8 Å². The molecule has 0 aliphatic heterocycles. The summed E-state index contributed by atoms with van der Waals surface area (Å²) in [5.74, 6) is 0. The second-order valence-electron chi connectivity index (χ2n) is 10.7. The molecule has 4 heteroatoms. The topological polar surface area (TPSA) is 19.4 Å². The van der Waals surface area contributed by atoms with Gasteiger partial charge in [-0.15, -0.1) is 11.3 Å². The fraction of sp³-hybridized carbons (Fsp3) is 0.444. The zero-order chi connectivity index (χ0) is 23.0. The maximum Gasteiger partial charge on any atom is 0.113 e. The first-order chi connectivity index (χ1) is 14.3. The zero-order valence-electron chi connectivity index (χ0n) is 20.6. The van der Waals surface area contributed by atoms with Crippen LogP contribution in [0.15, 0.2) is 47.8 Å². The summed E-state index contributed by atoms with van der Waals surface area (Å²) < 4.78 is 0. The molecule has 0 unspecified atom stereocenters. The summed E-state index contributed by atoms with van der Waals surface area (Å²) in [6, 6.07) is 15.7. The molecule has 0 N–H and O–H groups in total. The van der Waals surface area contributed by atoms with Crippen molar-refractivity contribution in [2.45, 2.75) is 58.9 Å². The summed E-state index contributed by atoms with van der Waals surface area (Å²) in [7, 11) is 6.26. The Kier molecular flexibility index (Phi) is 6.52. The van der Waals surface area contributed by atoms with Gasteiger partial charge in [0, 0.05) is 43.5 Å². The average Bonchev–Trinajstić information content (AvgIpc) is 3.15. The molecule has 0 aliphatic carbocycles. The number of benzene rings is 2. The van der Waals surface area contributed by atoms with Crippen LogP contribution in [0.5, 0.6) is 0 Å². The van der Waals surface area contributed by atoms with Crippen molar-refractivity contribution in [2.75, 3.05) is 30.9 Å². The summed E-state index contributed by atoms with van der Waals surface area (Å²) >= 11 is 1.74. The number of aromatic nitrogens is 1. The van der Waals surface area contributed by atoms with E-state index in [0.29, 0.717) is 0 Å². The Bertz CT molecular complexity index is 986. The van der Waals surface area contributed by atoms with Gasteiger partial charge in [-0.2, -0.15) is 0 Å². The summed E-state index contributed by atoms with van der Waals surface area (Å²) in [6.07, 6.45) is 0. The van der Waals surface area contributed by atoms with Crippen LogP contribution in [-0.4, -0.2) is 26.1 Å². The largest absolute Gasteiger partial charge is 0.378 e. The van der Waals surface area contributed by atoms with Crippen LogP contribution in [0.25, 0.3) is 11.3 Å². The van der Waals surface area contributed by atoms with Gasteiger partial charge >= 0.3 is 0 Å². The lowest BCUT2D eigenvalue weighted by Gasteiger charge is -2.26. The Morgan fingerprint density at radius 3 is 1.77 bits per heavy atom. The molecule has 0 saturated carbocycles. The van der Waals surface area contributed by atoms with Gasteiger partial charge in [0.2, 0.25) is 0 Å². The van der Waals surface area contributed by atoms with Crippen LogP contribution in [0.1, 0.15) is 57.7 Å². The number of hydrogen-bond acceptors (Lipinski definition) is 4. The predicted molar refractivity (Wildman–Crippen MR) is 138 cm³/mol. The Morgan fingerprint density at radius 1 is 0.774 bits per heavy atom. The second kappa shape index (κ2) is 8.66. The molecule has 3 rings (SSSR count). The highest BCUT2D eigenvalue weighted by atomic mass is 32.1. The molecule has 0 amide bonds. The van der Waals surface area contributed by atoms with Crippen LogP contribution >= 0.6 is 11.3 Å². The average molecular weight is 436 g/mol. The number of thiazole rings is 1. The molecule has 3 aromatic rings. The molecular weight excluding hydrogens is 398 g/mol. The van der Waals surface area contributed by atoms with E-state index < -0.39 is 0 Å². The van der Waals surface area contributed by atoms with Crippen LogP contribution in [0, 0.1) is 0 Å². The maximum atomic E-state index is 5.01. The van der Waals surface area contributed by atoms with E-state index in [1.165, 1.54) is 28.1 Å². The molecule has 0 fully saturated rings. The number of nitrogens with zero attached hydrogens (tertiary/aromatic N) is 3. The third-order valence-electron chi connectivity index (χ3n) is 5.69. The fourth-order valence-corrected chi connectivity index (χ4v) is 4.31. The van der Waals surface area contributed by atoms with Crippen LogP contribution in [0.2, 0.25) is 0 Å². The molecule has 1 heterocycles. The van der Waals surface area contributed by atoms with E-state index in [1.54, 1.807) is 11.3 Å². The van der Waals surface area contributed by atoms with Crippen molar-refractivity contribution in [1.82, 2.24) is 4.98 Å². The standard InChI is InChI=1S/C27H37N3S/c1-26(2,3)20-14-19(15-21(16-20)27(4,5)6)24-18-31-25(28-24)17-30(9)23-12-10-22(11-13-23)29(7)8/h10-16,18H,17H2,1-9H3. The Labute approximate surface area is 192 Å². The second-order valence-corrected chi connectivity index (χ2v) is 11.6. The first kappa shape index (κ1) is 23.3. The van der Waals surface area contributed by atoms with Crippen molar-refractivity contribution in [3.8, 4) is 11.3 Å². The fourth-order valence-electron chi connectivity index (χ4n) is 3.46. The third kappa shape index (κ3) is 5.68. The van der Waals surface area contributed by atoms with Crippen molar-refractivity contribution in [2.24, 2.45) is 0 Å². The van der Waals surface area contributed by atoms with Crippen LogP contribution in [0.4, 0.5) is 11.4 Å². The lowest BCUT2D eigenvalue weighted by atomic mass is 9.79. The van der Waals surface area contributed by atoms with Gasteiger partial charge in [0.05, 0.1) is 12.2 Å². The van der Waals surface area contributed by atoms with Gasteiger partial charge in [0.15, 0.2) is 0 Å². The third-order valence-corrected chi connectivity index (χ3v) is 6.53. The Morgan fingerprint density at radius 2 is 1.29 bits per heavy atom. The number of anilines is 2. The van der Waals surface area contributed by atoms with Crippen LogP contribution in [0.3, 0.4) is 0 Å². The highest BCUT2D eigenvalue weighted by Crippen LogP contribution is 2.34.